The van der Waals surface area contributed by atoms with Crippen LogP contribution in [0.1, 0.15) is 18.3 Å². The van der Waals surface area contributed by atoms with E-state index in [1.165, 1.54) is 6.20 Å². The van der Waals surface area contributed by atoms with Gasteiger partial charge < -0.3 is 14.5 Å². The first-order chi connectivity index (χ1) is 10.5. The van der Waals surface area contributed by atoms with Gasteiger partial charge in [0.15, 0.2) is 5.85 Å². The highest BCUT2D eigenvalue weighted by Crippen LogP contribution is 2.57. The van der Waals surface area contributed by atoms with E-state index < -0.39 is 13.2 Å². The van der Waals surface area contributed by atoms with Crippen LogP contribution in [0.25, 0.3) is 0 Å². The highest BCUT2D eigenvalue weighted by Gasteiger charge is 2.36. The van der Waals surface area contributed by atoms with Crippen molar-refractivity contribution in [2.45, 2.75) is 12.8 Å². The molecule has 118 valence electrons. The quantitative estimate of drug-likeness (QED) is 0.829. The second-order valence-electron chi connectivity index (χ2n) is 5.09. The van der Waals surface area contributed by atoms with E-state index in [0.717, 1.165) is 5.69 Å². The maximum Gasteiger partial charge on any atom is 0.264 e. The molecule has 0 saturated heterocycles. The Morgan fingerprint density at radius 1 is 1.27 bits per heavy atom. The van der Waals surface area contributed by atoms with Gasteiger partial charge in [0.25, 0.3) is 7.37 Å². The fraction of sp³-hybridized carbons (Fsp3) is 0.312. The van der Waals surface area contributed by atoms with E-state index in [9.17, 15) is 9.67 Å². The number of hydrogen-bond acceptors (Lipinski definition) is 5. The molecule has 0 aliphatic rings. The van der Waals surface area contributed by atoms with Gasteiger partial charge in [-0.3, -0.25) is 9.55 Å². The lowest BCUT2D eigenvalue weighted by molar-refractivity contribution is 0.218. The van der Waals surface area contributed by atoms with E-state index >= 15 is 0 Å². The number of aliphatic hydroxyl groups excluding tert-OH is 1. The normalized spacial score (nSPS) is 15.1. The second-order valence-corrected chi connectivity index (χ2v) is 7.54. The van der Waals surface area contributed by atoms with Crippen LogP contribution < -0.4 is 10.2 Å². The molecule has 0 aliphatic heterocycles. The molecule has 0 bridgehead atoms. The van der Waals surface area contributed by atoms with Crippen LogP contribution in [0, 0.1) is 0 Å². The molecular weight excluding hydrogens is 299 g/mol. The maximum absolute atomic E-state index is 13.3. The molecule has 2 aromatic rings. The van der Waals surface area contributed by atoms with Gasteiger partial charge in [-0.2, -0.15) is 0 Å². The fourth-order valence-electron chi connectivity index (χ4n) is 2.16. The molecule has 1 N–H and O–H groups in total. The van der Waals surface area contributed by atoms with E-state index in [0.29, 0.717) is 10.9 Å². The molecule has 1 aromatic carbocycles. The van der Waals surface area contributed by atoms with E-state index in [1.54, 1.807) is 37.4 Å². The Morgan fingerprint density at radius 3 is 2.45 bits per heavy atom. The van der Waals surface area contributed by atoms with Gasteiger partial charge in [-0.1, -0.05) is 6.07 Å². The Morgan fingerprint density at radius 2 is 1.95 bits per heavy atom. The lowest BCUT2D eigenvalue weighted by Gasteiger charge is -2.24. The first-order valence-electron chi connectivity index (χ1n) is 7.09. The third-order valence-electron chi connectivity index (χ3n) is 3.35. The van der Waals surface area contributed by atoms with Gasteiger partial charge in [0, 0.05) is 43.0 Å². The molecule has 0 radical (unpaired) electrons. The third kappa shape index (κ3) is 3.38. The predicted octanol–water partition coefficient (Wildman–Crippen LogP) is 2.78. The smallest absolute Gasteiger partial charge is 0.264 e. The number of pyridine rings is 1. The molecule has 6 heteroatoms. The number of rotatable bonds is 6. The molecule has 5 nitrogen and oxygen atoms in total. The van der Waals surface area contributed by atoms with Crippen LogP contribution >= 0.6 is 7.37 Å². The summed E-state index contributed by atoms with van der Waals surface area (Å²) in [7, 11) is 0.427. The lowest BCUT2D eigenvalue weighted by Crippen LogP contribution is -2.16. The van der Waals surface area contributed by atoms with Crippen molar-refractivity contribution in [3.05, 3.63) is 54.4 Å². The average Bonchev–Trinajstić information content (AvgIpc) is 2.55. The molecule has 2 rings (SSSR count). The van der Waals surface area contributed by atoms with Gasteiger partial charge in [-0.05, 0) is 37.3 Å². The molecule has 2 atom stereocenters. The molecule has 0 aliphatic carbocycles. The van der Waals surface area contributed by atoms with Gasteiger partial charge >= 0.3 is 0 Å². The lowest BCUT2D eigenvalue weighted by atomic mass is 10.3. The van der Waals surface area contributed by atoms with E-state index in [1.807, 2.05) is 31.1 Å². The SMILES string of the molecule is CCO[P@](=O)(c1ccc(N(C)C)cc1)[C@H](O)c1cccnc1. The van der Waals surface area contributed by atoms with Crippen molar-refractivity contribution in [1.29, 1.82) is 0 Å². The summed E-state index contributed by atoms with van der Waals surface area (Å²) < 4.78 is 18.8. The van der Waals surface area contributed by atoms with E-state index in [-0.39, 0.29) is 6.61 Å². The molecule has 0 spiro atoms. The van der Waals surface area contributed by atoms with Crippen LogP contribution in [-0.4, -0.2) is 30.8 Å². The number of aliphatic hydroxyl groups is 1. The van der Waals surface area contributed by atoms with Gasteiger partial charge in [-0.25, -0.2) is 0 Å². The number of anilines is 1. The van der Waals surface area contributed by atoms with E-state index in [2.05, 4.69) is 4.98 Å². The van der Waals surface area contributed by atoms with Crippen molar-refractivity contribution in [3.63, 3.8) is 0 Å². The van der Waals surface area contributed by atoms with Crippen molar-refractivity contribution < 1.29 is 14.2 Å². The minimum absolute atomic E-state index is 0.254. The Bertz CT molecular complexity index is 644. The van der Waals surface area contributed by atoms with Crippen molar-refractivity contribution in [1.82, 2.24) is 4.98 Å². The van der Waals surface area contributed by atoms with Crippen LogP contribution in [0.5, 0.6) is 0 Å². The molecule has 22 heavy (non-hydrogen) atoms. The van der Waals surface area contributed by atoms with Crippen LogP contribution in [0.15, 0.2) is 48.8 Å². The Balaban J connectivity index is 2.41. The monoisotopic (exact) mass is 320 g/mol. The fourth-order valence-corrected chi connectivity index (χ4v) is 4.23. The van der Waals surface area contributed by atoms with Gasteiger partial charge in [0.05, 0.1) is 6.61 Å². The summed E-state index contributed by atoms with van der Waals surface area (Å²) in [6.45, 7) is 2.01. The summed E-state index contributed by atoms with van der Waals surface area (Å²) in [5.41, 5.74) is 1.47. The Hall–Kier alpha value is -1.68. The number of nitrogens with zero attached hydrogens (tertiary/aromatic N) is 2. The van der Waals surface area contributed by atoms with Gasteiger partial charge in [0.1, 0.15) is 0 Å². The van der Waals surface area contributed by atoms with Crippen molar-refractivity contribution in [3.8, 4) is 0 Å². The predicted molar refractivity (Wildman–Crippen MR) is 88.8 cm³/mol. The molecule has 1 aromatic heterocycles. The number of aromatic nitrogens is 1. The summed E-state index contributed by atoms with van der Waals surface area (Å²) in [5, 5.41) is 11.1. The zero-order valence-electron chi connectivity index (χ0n) is 13.0. The summed E-state index contributed by atoms with van der Waals surface area (Å²) in [6, 6.07) is 10.6. The van der Waals surface area contributed by atoms with Crippen molar-refractivity contribution in [2.75, 3.05) is 25.6 Å². The molecule has 0 unspecified atom stereocenters. The van der Waals surface area contributed by atoms with Crippen LogP contribution in [0.3, 0.4) is 0 Å². The molecular formula is C16H21N2O3P. The molecule has 0 amide bonds. The Kier molecular flexibility index (Phi) is 5.35. The standard InChI is InChI=1S/C16H21N2O3P/c1-4-21-22(20,16(19)13-6-5-11-17-12-13)15-9-7-14(8-10-15)18(2)3/h5-12,16,19H,4H2,1-3H3/t16-,22+/m0/s1. The summed E-state index contributed by atoms with van der Waals surface area (Å²) in [5.74, 6) is -1.23. The number of benzene rings is 1. The van der Waals surface area contributed by atoms with Crippen molar-refractivity contribution in [2.24, 2.45) is 0 Å². The summed E-state index contributed by atoms with van der Waals surface area (Å²) in [6.07, 6.45) is 3.11. The average molecular weight is 320 g/mol. The molecule has 1 heterocycles. The third-order valence-corrected chi connectivity index (χ3v) is 5.95. The number of hydrogen-bond donors (Lipinski definition) is 1. The second kappa shape index (κ2) is 7.05. The van der Waals surface area contributed by atoms with Gasteiger partial charge in [0.2, 0.25) is 0 Å². The minimum atomic E-state index is -3.44. The zero-order chi connectivity index (χ0) is 16.2. The molecule has 0 saturated carbocycles. The van der Waals surface area contributed by atoms with Crippen LogP contribution in [0.2, 0.25) is 0 Å². The van der Waals surface area contributed by atoms with Gasteiger partial charge in [-0.15, -0.1) is 0 Å². The van der Waals surface area contributed by atoms with Crippen LogP contribution in [-0.2, 0) is 9.09 Å². The highest BCUT2D eigenvalue weighted by atomic mass is 31.2. The summed E-state index contributed by atoms with van der Waals surface area (Å²) in [4.78, 5) is 5.92. The highest BCUT2D eigenvalue weighted by molar-refractivity contribution is 7.67. The first-order valence-corrected chi connectivity index (χ1v) is 8.78. The molecule has 0 fully saturated rings. The van der Waals surface area contributed by atoms with Crippen LogP contribution in [0.4, 0.5) is 5.69 Å². The largest absolute Gasteiger partial charge is 0.378 e. The minimum Gasteiger partial charge on any atom is -0.378 e. The topological polar surface area (TPSA) is 62.7 Å². The summed E-state index contributed by atoms with van der Waals surface area (Å²) >= 11 is 0. The Labute approximate surface area is 131 Å². The zero-order valence-corrected chi connectivity index (χ0v) is 13.9. The van der Waals surface area contributed by atoms with Crippen molar-refractivity contribution >= 4 is 18.4 Å². The van der Waals surface area contributed by atoms with E-state index in [4.69, 9.17) is 4.52 Å². The maximum atomic E-state index is 13.3. The first kappa shape index (κ1) is 16.7.